The number of para-hydroxylation sites is 1. The van der Waals surface area contributed by atoms with Gasteiger partial charge in [-0.1, -0.05) is 44.9 Å². The van der Waals surface area contributed by atoms with Crippen molar-refractivity contribution in [3.8, 4) is 5.75 Å². The summed E-state index contributed by atoms with van der Waals surface area (Å²) in [4.78, 5) is 0. The Balaban J connectivity index is 1.18. The predicted molar refractivity (Wildman–Crippen MR) is 126 cm³/mol. The summed E-state index contributed by atoms with van der Waals surface area (Å²) in [6.45, 7) is 6.23. The standard InChI is InChI=1S/C28H43NO2/c1-27-16-7-6-8-20(27)11-12-23-24-13-14-26(28(24,2)17-15-25(23)27)29-18-21(30)19-31-22-9-4-3-5-10-22/h3-5,9-10,20-21,23-26,29-30H,6-8,11-19H2,1-2H3/t20-,21-,23-,24+,25-,26-,27-,28+/m0/s1. The van der Waals surface area contributed by atoms with Gasteiger partial charge in [0.25, 0.3) is 0 Å². The predicted octanol–water partition coefficient (Wildman–Crippen LogP) is 5.82. The van der Waals surface area contributed by atoms with Crippen LogP contribution in [0.2, 0.25) is 0 Å². The summed E-state index contributed by atoms with van der Waals surface area (Å²) in [6, 6.07) is 10.4. The monoisotopic (exact) mass is 425 g/mol. The molecule has 0 spiro atoms. The minimum Gasteiger partial charge on any atom is -0.491 e. The quantitative estimate of drug-likeness (QED) is 0.604. The molecule has 3 nitrogen and oxygen atoms in total. The molecule has 1 aromatic carbocycles. The fraction of sp³-hybridized carbons (Fsp3) is 0.786. The Labute approximate surface area is 189 Å². The van der Waals surface area contributed by atoms with Crippen molar-refractivity contribution < 1.29 is 9.84 Å². The van der Waals surface area contributed by atoms with Crippen LogP contribution < -0.4 is 10.1 Å². The summed E-state index contributed by atoms with van der Waals surface area (Å²) in [5, 5.41) is 14.3. The van der Waals surface area contributed by atoms with Crippen LogP contribution in [-0.4, -0.2) is 30.4 Å². The highest BCUT2D eigenvalue weighted by Crippen LogP contribution is 2.66. The van der Waals surface area contributed by atoms with E-state index in [1.807, 2.05) is 30.3 Å². The molecule has 0 unspecified atom stereocenters. The molecule has 0 amide bonds. The number of rotatable bonds is 6. The zero-order valence-electron chi connectivity index (χ0n) is 19.7. The van der Waals surface area contributed by atoms with Crippen LogP contribution >= 0.6 is 0 Å². The lowest BCUT2D eigenvalue weighted by molar-refractivity contribution is -0.107. The van der Waals surface area contributed by atoms with Crippen molar-refractivity contribution >= 4 is 0 Å². The molecule has 0 aliphatic heterocycles. The zero-order valence-corrected chi connectivity index (χ0v) is 19.7. The number of nitrogens with one attached hydrogen (secondary N) is 1. The lowest BCUT2D eigenvalue weighted by atomic mass is 9.45. The summed E-state index contributed by atoms with van der Waals surface area (Å²) < 4.78 is 5.76. The zero-order chi connectivity index (χ0) is 21.5. The Hall–Kier alpha value is -1.06. The van der Waals surface area contributed by atoms with Gasteiger partial charge in [-0.05, 0) is 98.0 Å². The van der Waals surface area contributed by atoms with Gasteiger partial charge in [0.15, 0.2) is 0 Å². The number of fused-ring (bicyclic) bond motifs is 5. The molecule has 4 aliphatic rings. The van der Waals surface area contributed by atoms with Crippen molar-refractivity contribution in [2.75, 3.05) is 13.2 Å². The molecular formula is C28H43NO2. The van der Waals surface area contributed by atoms with E-state index in [1.165, 1.54) is 64.2 Å². The Morgan fingerprint density at radius 1 is 0.935 bits per heavy atom. The Bertz CT molecular complexity index is 738. The number of ether oxygens (including phenoxy) is 1. The van der Waals surface area contributed by atoms with Gasteiger partial charge in [-0.25, -0.2) is 0 Å². The van der Waals surface area contributed by atoms with Crippen LogP contribution in [0.15, 0.2) is 30.3 Å². The first-order valence-electron chi connectivity index (χ1n) is 13.1. The van der Waals surface area contributed by atoms with Gasteiger partial charge in [-0.2, -0.15) is 0 Å². The van der Waals surface area contributed by atoms with E-state index >= 15 is 0 Å². The van der Waals surface area contributed by atoms with Crippen molar-refractivity contribution in [3.05, 3.63) is 30.3 Å². The van der Waals surface area contributed by atoms with Crippen molar-refractivity contribution in [1.82, 2.24) is 5.32 Å². The summed E-state index contributed by atoms with van der Waals surface area (Å²) in [5.74, 6) is 4.62. The molecule has 0 heterocycles. The summed E-state index contributed by atoms with van der Waals surface area (Å²) in [7, 11) is 0. The highest BCUT2D eigenvalue weighted by molar-refractivity contribution is 5.21. The average Bonchev–Trinajstić information content (AvgIpc) is 3.13. The largest absolute Gasteiger partial charge is 0.491 e. The van der Waals surface area contributed by atoms with Crippen molar-refractivity contribution in [3.63, 3.8) is 0 Å². The second kappa shape index (κ2) is 8.71. The van der Waals surface area contributed by atoms with Crippen molar-refractivity contribution in [2.24, 2.45) is 34.5 Å². The smallest absolute Gasteiger partial charge is 0.119 e. The average molecular weight is 426 g/mol. The number of benzene rings is 1. The molecule has 0 saturated heterocycles. The van der Waals surface area contributed by atoms with Gasteiger partial charge in [0.1, 0.15) is 18.5 Å². The maximum Gasteiger partial charge on any atom is 0.119 e. The van der Waals surface area contributed by atoms with Gasteiger partial charge in [0.05, 0.1) is 0 Å². The van der Waals surface area contributed by atoms with E-state index < -0.39 is 6.10 Å². The fourth-order valence-electron chi connectivity index (χ4n) is 8.68. The van der Waals surface area contributed by atoms with Gasteiger partial charge in [-0.15, -0.1) is 0 Å². The molecule has 0 radical (unpaired) electrons. The first kappa shape index (κ1) is 21.8. The van der Waals surface area contributed by atoms with E-state index in [2.05, 4.69) is 19.2 Å². The number of aliphatic hydroxyl groups excluding tert-OH is 1. The summed E-state index contributed by atoms with van der Waals surface area (Å²) in [5.41, 5.74) is 1.03. The van der Waals surface area contributed by atoms with E-state index in [-0.39, 0.29) is 0 Å². The van der Waals surface area contributed by atoms with Crippen LogP contribution in [0.3, 0.4) is 0 Å². The molecule has 5 rings (SSSR count). The van der Waals surface area contributed by atoms with Crippen LogP contribution in [-0.2, 0) is 0 Å². The second-order valence-corrected chi connectivity index (χ2v) is 11.8. The number of hydrogen-bond donors (Lipinski definition) is 2. The normalized spacial score (nSPS) is 42.9. The van der Waals surface area contributed by atoms with Gasteiger partial charge in [0.2, 0.25) is 0 Å². The molecule has 3 heteroatoms. The maximum atomic E-state index is 10.5. The van der Waals surface area contributed by atoms with E-state index in [9.17, 15) is 5.11 Å². The summed E-state index contributed by atoms with van der Waals surface area (Å²) in [6.07, 6.45) is 13.9. The third kappa shape index (κ3) is 3.95. The Morgan fingerprint density at radius 2 is 1.74 bits per heavy atom. The number of aliphatic hydroxyl groups is 1. The third-order valence-electron chi connectivity index (χ3n) is 10.4. The first-order valence-corrected chi connectivity index (χ1v) is 13.1. The minimum absolute atomic E-state index is 0.355. The molecule has 8 atom stereocenters. The molecular weight excluding hydrogens is 382 g/mol. The summed E-state index contributed by atoms with van der Waals surface area (Å²) >= 11 is 0. The van der Waals surface area contributed by atoms with Crippen LogP contribution in [0, 0.1) is 34.5 Å². The second-order valence-electron chi connectivity index (χ2n) is 11.8. The molecule has 4 aliphatic carbocycles. The SMILES string of the molecule is C[C@@]12CC[C@H]3[C@@H](CC[C@@H]4CCCC[C@@]43C)[C@H]1CC[C@@H]2NC[C@H](O)COc1ccccc1. The van der Waals surface area contributed by atoms with Crippen LogP contribution in [0.5, 0.6) is 5.75 Å². The topological polar surface area (TPSA) is 41.5 Å². The molecule has 0 bridgehead atoms. The van der Waals surface area contributed by atoms with Gasteiger partial charge < -0.3 is 15.2 Å². The van der Waals surface area contributed by atoms with Crippen LogP contribution in [0.4, 0.5) is 0 Å². The van der Waals surface area contributed by atoms with Gasteiger partial charge in [-0.3, -0.25) is 0 Å². The highest BCUT2D eigenvalue weighted by atomic mass is 16.5. The van der Waals surface area contributed by atoms with Gasteiger partial charge in [0, 0.05) is 12.6 Å². The molecule has 2 N–H and O–H groups in total. The molecule has 31 heavy (non-hydrogen) atoms. The lowest BCUT2D eigenvalue weighted by Gasteiger charge is -2.60. The molecule has 4 fully saturated rings. The van der Waals surface area contributed by atoms with E-state index in [0.717, 1.165) is 29.4 Å². The molecule has 0 aromatic heterocycles. The van der Waals surface area contributed by atoms with Crippen LogP contribution in [0.1, 0.15) is 78.1 Å². The van der Waals surface area contributed by atoms with E-state index in [0.29, 0.717) is 30.0 Å². The lowest BCUT2D eigenvalue weighted by Crippen LogP contribution is -2.55. The van der Waals surface area contributed by atoms with E-state index in [4.69, 9.17) is 4.74 Å². The maximum absolute atomic E-state index is 10.5. The molecule has 172 valence electrons. The Morgan fingerprint density at radius 3 is 2.58 bits per heavy atom. The first-order chi connectivity index (χ1) is 15.0. The minimum atomic E-state index is -0.462. The molecule has 1 aromatic rings. The van der Waals surface area contributed by atoms with Crippen molar-refractivity contribution in [2.45, 2.75) is 90.2 Å². The number of hydrogen-bond acceptors (Lipinski definition) is 3. The van der Waals surface area contributed by atoms with Crippen molar-refractivity contribution in [1.29, 1.82) is 0 Å². The van der Waals surface area contributed by atoms with Crippen LogP contribution in [0.25, 0.3) is 0 Å². The third-order valence-corrected chi connectivity index (χ3v) is 10.4. The van der Waals surface area contributed by atoms with E-state index in [1.54, 1.807) is 0 Å². The van der Waals surface area contributed by atoms with Gasteiger partial charge >= 0.3 is 0 Å². The highest BCUT2D eigenvalue weighted by Gasteiger charge is 2.59. The molecule has 4 saturated carbocycles. The Kier molecular flexibility index (Phi) is 6.11. The fourth-order valence-corrected chi connectivity index (χ4v) is 8.68.